The van der Waals surface area contributed by atoms with E-state index in [1.807, 2.05) is 6.07 Å². The Kier molecular flexibility index (Phi) is 5.95. The average molecular weight is 352 g/mol. The largest absolute Gasteiger partial charge is 0.389 e. The molecule has 1 aromatic heterocycles. The maximum atomic E-state index is 12.3. The Hall–Kier alpha value is -2.64. The van der Waals surface area contributed by atoms with Crippen molar-refractivity contribution in [2.45, 2.75) is 25.6 Å². The predicted octanol–water partition coefficient (Wildman–Crippen LogP) is 3.29. The minimum atomic E-state index is -4.21. The third-order valence-corrected chi connectivity index (χ3v) is 3.41. The number of nitrogens with zero attached hydrogens (tertiary/aromatic N) is 3. The number of amides is 1. The van der Waals surface area contributed by atoms with E-state index in [1.165, 1.54) is 17.2 Å². The summed E-state index contributed by atoms with van der Waals surface area (Å²) < 4.78 is 36.8. The molecule has 1 aromatic carbocycles. The molecule has 0 aliphatic heterocycles. The molecule has 2 rings (SSSR count). The van der Waals surface area contributed by atoms with E-state index in [4.69, 9.17) is 0 Å². The van der Waals surface area contributed by atoms with Gasteiger partial charge in [0.1, 0.15) is 0 Å². The summed E-state index contributed by atoms with van der Waals surface area (Å²) in [5, 5.41) is 2.97. The Morgan fingerprint density at radius 1 is 1.24 bits per heavy atom. The molecule has 0 saturated carbocycles. The molecule has 0 saturated heterocycles. The van der Waals surface area contributed by atoms with Gasteiger partial charge >= 0.3 is 6.18 Å². The summed E-state index contributed by atoms with van der Waals surface area (Å²) in [6, 6.07) is 8.55. The number of halogens is 3. The molecule has 1 N–H and O–H groups in total. The first kappa shape index (κ1) is 18.7. The van der Waals surface area contributed by atoms with Gasteiger partial charge in [0.15, 0.2) is 0 Å². The van der Waals surface area contributed by atoms with Crippen LogP contribution in [0.2, 0.25) is 0 Å². The highest BCUT2D eigenvalue weighted by Crippen LogP contribution is 2.21. The summed E-state index contributed by atoms with van der Waals surface area (Å²) >= 11 is 0. The summed E-state index contributed by atoms with van der Waals surface area (Å²) in [4.78, 5) is 21.5. The fraction of sp³-hybridized carbons (Fsp3) is 0.353. The topological polar surface area (TPSA) is 58.1 Å². The number of anilines is 1. The van der Waals surface area contributed by atoms with Crippen molar-refractivity contribution in [3.8, 4) is 0 Å². The molecule has 1 amide bonds. The van der Waals surface area contributed by atoms with Crippen LogP contribution in [-0.2, 0) is 13.0 Å². The number of carbonyl (C=O) groups excluding carboxylic acids is 1. The Morgan fingerprint density at radius 3 is 2.68 bits per heavy atom. The number of rotatable bonds is 6. The smallest absolute Gasteiger partial charge is 0.350 e. The van der Waals surface area contributed by atoms with Gasteiger partial charge in [-0.1, -0.05) is 12.1 Å². The first-order chi connectivity index (χ1) is 11.7. The van der Waals surface area contributed by atoms with Gasteiger partial charge in [-0.15, -0.1) is 0 Å². The van der Waals surface area contributed by atoms with Crippen molar-refractivity contribution in [3.05, 3.63) is 53.3 Å². The van der Waals surface area contributed by atoms with Crippen molar-refractivity contribution < 1.29 is 18.0 Å². The average Bonchev–Trinajstić information content (AvgIpc) is 2.57. The summed E-state index contributed by atoms with van der Waals surface area (Å²) in [5.74, 6) is 0.149. The number of hydrogen-bond donors (Lipinski definition) is 1. The zero-order valence-corrected chi connectivity index (χ0v) is 14.0. The third-order valence-electron chi connectivity index (χ3n) is 3.41. The molecule has 8 heteroatoms. The highest BCUT2D eigenvalue weighted by molar-refractivity contribution is 5.94. The van der Waals surface area contributed by atoms with E-state index in [0.717, 1.165) is 5.56 Å². The predicted molar refractivity (Wildman–Crippen MR) is 88.2 cm³/mol. The van der Waals surface area contributed by atoms with E-state index in [0.29, 0.717) is 17.8 Å². The molecular weight excluding hydrogens is 333 g/mol. The lowest BCUT2D eigenvalue weighted by Crippen LogP contribution is -2.21. The molecule has 0 atom stereocenters. The molecule has 0 fully saturated rings. The number of alkyl halides is 3. The van der Waals surface area contributed by atoms with Gasteiger partial charge in [-0.2, -0.15) is 13.2 Å². The van der Waals surface area contributed by atoms with Crippen LogP contribution in [-0.4, -0.2) is 41.0 Å². The summed E-state index contributed by atoms with van der Waals surface area (Å²) in [5.41, 5.74) is 1.73. The second kappa shape index (κ2) is 7.96. The Balaban J connectivity index is 1.99. The van der Waals surface area contributed by atoms with E-state index >= 15 is 0 Å². The number of aromatic nitrogens is 2. The zero-order valence-electron chi connectivity index (χ0n) is 14.0. The second-order valence-corrected chi connectivity index (χ2v) is 5.74. The van der Waals surface area contributed by atoms with Crippen molar-refractivity contribution in [2.75, 3.05) is 19.4 Å². The number of benzene rings is 1. The lowest BCUT2D eigenvalue weighted by Gasteiger charge is -2.12. The third kappa shape index (κ3) is 6.06. The number of carbonyl (C=O) groups is 1. The molecule has 0 aliphatic rings. The van der Waals surface area contributed by atoms with E-state index < -0.39 is 12.6 Å². The number of nitrogens with one attached hydrogen (secondary N) is 1. The van der Waals surface area contributed by atoms with Crippen LogP contribution in [0.15, 0.2) is 36.5 Å². The summed E-state index contributed by atoms with van der Waals surface area (Å²) in [6.45, 7) is 0.358. The minimum absolute atomic E-state index is 0.104. The molecule has 0 bridgehead atoms. The van der Waals surface area contributed by atoms with E-state index in [1.54, 1.807) is 32.3 Å². The van der Waals surface area contributed by atoms with Crippen LogP contribution in [0.25, 0.3) is 0 Å². The van der Waals surface area contributed by atoms with Crippen LogP contribution in [0, 0.1) is 0 Å². The van der Waals surface area contributed by atoms with Gasteiger partial charge < -0.3 is 10.2 Å². The maximum absolute atomic E-state index is 12.3. The first-order valence-electron chi connectivity index (χ1n) is 7.68. The minimum Gasteiger partial charge on any atom is -0.350 e. The molecule has 134 valence electrons. The summed E-state index contributed by atoms with van der Waals surface area (Å²) in [7, 11) is 3.35. The molecule has 0 spiro atoms. The summed E-state index contributed by atoms with van der Waals surface area (Å²) in [6.07, 6.45) is -3.89. The van der Waals surface area contributed by atoms with Crippen LogP contribution in [0.4, 0.5) is 19.1 Å². The van der Waals surface area contributed by atoms with Crippen LogP contribution in [0.5, 0.6) is 0 Å². The molecule has 5 nitrogen and oxygen atoms in total. The van der Waals surface area contributed by atoms with Crippen molar-refractivity contribution in [1.82, 2.24) is 14.9 Å². The Bertz CT molecular complexity index is 732. The molecule has 0 unspecified atom stereocenters. The standard InChI is InChI=1S/C17H19F3N4O/c1-24(2)15(25)13-5-3-4-12(10-13)11-22-16-21-9-7-14(23-16)6-8-17(18,19)20/h3-5,7,9-10H,6,8,11H2,1-2H3,(H,21,22,23). The maximum Gasteiger partial charge on any atom is 0.389 e. The van der Waals surface area contributed by atoms with E-state index in [2.05, 4.69) is 15.3 Å². The molecule has 25 heavy (non-hydrogen) atoms. The van der Waals surface area contributed by atoms with E-state index in [9.17, 15) is 18.0 Å². The van der Waals surface area contributed by atoms with Gasteiger partial charge in [-0.05, 0) is 30.2 Å². The van der Waals surface area contributed by atoms with Gasteiger partial charge in [0, 0.05) is 44.5 Å². The number of hydrogen-bond acceptors (Lipinski definition) is 4. The van der Waals surface area contributed by atoms with Gasteiger partial charge in [0.05, 0.1) is 0 Å². The zero-order chi connectivity index (χ0) is 18.4. The SMILES string of the molecule is CN(C)C(=O)c1cccc(CNc2nccc(CCC(F)(F)F)n2)c1. The van der Waals surface area contributed by atoms with Crippen molar-refractivity contribution in [2.24, 2.45) is 0 Å². The van der Waals surface area contributed by atoms with Crippen LogP contribution in [0.1, 0.15) is 28.0 Å². The fourth-order valence-corrected chi connectivity index (χ4v) is 2.14. The molecular formula is C17H19F3N4O. The molecule has 0 radical (unpaired) electrons. The number of aryl methyl sites for hydroxylation is 1. The molecule has 2 aromatic rings. The fourth-order valence-electron chi connectivity index (χ4n) is 2.14. The first-order valence-corrected chi connectivity index (χ1v) is 7.68. The highest BCUT2D eigenvalue weighted by atomic mass is 19.4. The molecule has 1 heterocycles. The van der Waals surface area contributed by atoms with Crippen LogP contribution < -0.4 is 5.32 Å². The quantitative estimate of drug-likeness (QED) is 0.867. The lowest BCUT2D eigenvalue weighted by atomic mass is 10.1. The van der Waals surface area contributed by atoms with Crippen LogP contribution in [0.3, 0.4) is 0 Å². The Morgan fingerprint density at radius 2 is 2.00 bits per heavy atom. The Labute approximate surface area is 143 Å². The molecule has 0 aliphatic carbocycles. The van der Waals surface area contributed by atoms with Crippen LogP contribution >= 0.6 is 0 Å². The second-order valence-electron chi connectivity index (χ2n) is 5.74. The van der Waals surface area contributed by atoms with Gasteiger partial charge in [-0.3, -0.25) is 4.79 Å². The monoisotopic (exact) mass is 352 g/mol. The van der Waals surface area contributed by atoms with Crippen molar-refractivity contribution in [1.29, 1.82) is 0 Å². The van der Waals surface area contributed by atoms with E-state index in [-0.39, 0.29) is 18.3 Å². The van der Waals surface area contributed by atoms with Gasteiger partial charge in [0.2, 0.25) is 5.95 Å². The van der Waals surface area contributed by atoms with Gasteiger partial charge in [-0.25, -0.2) is 9.97 Å². The normalized spacial score (nSPS) is 11.2. The van der Waals surface area contributed by atoms with Gasteiger partial charge in [0.25, 0.3) is 5.91 Å². The van der Waals surface area contributed by atoms with Crippen molar-refractivity contribution >= 4 is 11.9 Å². The lowest BCUT2D eigenvalue weighted by molar-refractivity contribution is -0.134. The highest BCUT2D eigenvalue weighted by Gasteiger charge is 2.26. The van der Waals surface area contributed by atoms with Crippen molar-refractivity contribution in [3.63, 3.8) is 0 Å².